The van der Waals surface area contributed by atoms with Gasteiger partial charge in [-0.1, -0.05) is 23.7 Å². The van der Waals surface area contributed by atoms with Crippen molar-refractivity contribution in [2.45, 2.75) is 13.0 Å². The standard InChI is InChI=1S/C19H17ClN2O6/c1-12(28-18(23)10-5-13-3-6-14(20)7-4-13)19(24)21-16-9-8-15(22(25)26)11-17(16)27-2/h3-12H,1-2H3,(H,21,24)/b10-5+/t12-/m1/s1. The third kappa shape index (κ3) is 5.82. The summed E-state index contributed by atoms with van der Waals surface area (Å²) >= 11 is 5.79. The Morgan fingerprint density at radius 2 is 1.89 bits per heavy atom. The number of carbonyl (C=O) groups is 2. The Morgan fingerprint density at radius 3 is 2.50 bits per heavy atom. The molecule has 1 amide bonds. The Morgan fingerprint density at radius 1 is 1.21 bits per heavy atom. The number of amides is 1. The summed E-state index contributed by atoms with van der Waals surface area (Å²) in [5, 5.41) is 13.9. The average Bonchev–Trinajstić information content (AvgIpc) is 2.67. The minimum atomic E-state index is -1.10. The number of benzene rings is 2. The number of nitrogens with zero attached hydrogens (tertiary/aromatic N) is 1. The van der Waals surface area contributed by atoms with Crippen molar-refractivity contribution in [3.8, 4) is 5.75 Å². The third-order valence-electron chi connectivity index (χ3n) is 3.60. The van der Waals surface area contributed by atoms with Gasteiger partial charge in [-0.3, -0.25) is 14.9 Å². The Balaban J connectivity index is 1.97. The van der Waals surface area contributed by atoms with Gasteiger partial charge in [0.15, 0.2) is 6.10 Å². The Hall–Kier alpha value is -3.39. The highest BCUT2D eigenvalue weighted by Gasteiger charge is 2.19. The second-order valence-electron chi connectivity index (χ2n) is 5.59. The number of methoxy groups -OCH3 is 1. The molecule has 0 saturated heterocycles. The number of ether oxygens (including phenoxy) is 2. The molecule has 0 saturated carbocycles. The van der Waals surface area contributed by atoms with E-state index in [1.807, 2.05) is 0 Å². The van der Waals surface area contributed by atoms with Crippen LogP contribution in [0.1, 0.15) is 12.5 Å². The third-order valence-corrected chi connectivity index (χ3v) is 3.85. The van der Waals surface area contributed by atoms with Gasteiger partial charge in [-0.25, -0.2) is 4.79 Å². The first-order valence-electron chi connectivity index (χ1n) is 8.07. The van der Waals surface area contributed by atoms with E-state index in [0.29, 0.717) is 5.02 Å². The highest BCUT2D eigenvalue weighted by molar-refractivity contribution is 6.30. The lowest BCUT2D eigenvalue weighted by molar-refractivity contribution is -0.384. The monoisotopic (exact) mass is 404 g/mol. The molecule has 0 aliphatic rings. The number of nitro groups is 1. The van der Waals surface area contributed by atoms with Crippen LogP contribution >= 0.6 is 11.6 Å². The van der Waals surface area contributed by atoms with Gasteiger partial charge in [-0.2, -0.15) is 0 Å². The summed E-state index contributed by atoms with van der Waals surface area (Å²) in [4.78, 5) is 34.3. The van der Waals surface area contributed by atoms with Crippen molar-refractivity contribution in [3.05, 3.63) is 69.2 Å². The fourth-order valence-corrected chi connectivity index (χ4v) is 2.26. The molecule has 0 aliphatic carbocycles. The summed E-state index contributed by atoms with van der Waals surface area (Å²) in [6, 6.07) is 10.6. The zero-order chi connectivity index (χ0) is 20.7. The number of esters is 1. The number of rotatable bonds is 7. The molecular formula is C19H17ClN2O6. The van der Waals surface area contributed by atoms with Gasteiger partial charge in [0.25, 0.3) is 11.6 Å². The van der Waals surface area contributed by atoms with E-state index in [9.17, 15) is 19.7 Å². The number of halogens is 1. The number of hydrogen-bond acceptors (Lipinski definition) is 6. The van der Waals surface area contributed by atoms with E-state index in [0.717, 1.165) is 5.56 Å². The van der Waals surface area contributed by atoms with Crippen molar-refractivity contribution < 1.29 is 24.0 Å². The lowest BCUT2D eigenvalue weighted by atomic mass is 10.2. The van der Waals surface area contributed by atoms with Gasteiger partial charge in [0, 0.05) is 17.2 Å². The van der Waals surface area contributed by atoms with Crippen LogP contribution in [0.15, 0.2) is 48.5 Å². The Labute approximate surface area is 165 Å². The molecule has 2 aromatic rings. The van der Waals surface area contributed by atoms with Crippen LogP contribution in [0.4, 0.5) is 11.4 Å². The van der Waals surface area contributed by atoms with Crippen molar-refractivity contribution in [3.63, 3.8) is 0 Å². The molecular weight excluding hydrogens is 388 g/mol. The predicted molar refractivity (Wildman–Crippen MR) is 104 cm³/mol. The normalized spacial score (nSPS) is 11.7. The SMILES string of the molecule is COc1cc([N+](=O)[O-])ccc1NC(=O)[C@@H](C)OC(=O)/C=C/c1ccc(Cl)cc1. The molecule has 0 radical (unpaired) electrons. The molecule has 0 aliphatic heterocycles. The smallest absolute Gasteiger partial charge is 0.331 e. The molecule has 0 spiro atoms. The quantitative estimate of drug-likeness (QED) is 0.325. The zero-order valence-corrected chi connectivity index (χ0v) is 15.8. The topological polar surface area (TPSA) is 108 Å². The summed E-state index contributed by atoms with van der Waals surface area (Å²) in [5.74, 6) is -1.20. The average molecular weight is 405 g/mol. The molecule has 0 aromatic heterocycles. The van der Waals surface area contributed by atoms with Gasteiger partial charge < -0.3 is 14.8 Å². The van der Waals surface area contributed by atoms with E-state index in [4.69, 9.17) is 21.1 Å². The van der Waals surface area contributed by atoms with E-state index in [1.54, 1.807) is 24.3 Å². The zero-order valence-electron chi connectivity index (χ0n) is 15.0. The van der Waals surface area contributed by atoms with Gasteiger partial charge in [0.2, 0.25) is 0 Å². The van der Waals surface area contributed by atoms with Crippen molar-refractivity contribution in [2.24, 2.45) is 0 Å². The van der Waals surface area contributed by atoms with Crippen LogP contribution in [0, 0.1) is 10.1 Å². The number of anilines is 1. The number of carbonyl (C=O) groups excluding carboxylic acids is 2. The van der Waals surface area contributed by atoms with E-state index in [-0.39, 0.29) is 17.1 Å². The first kappa shape index (κ1) is 20.9. The van der Waals surface area contributed by atoms with Gasteiger partial charge >= 0.3 is 5.97 Å². The van der Waals surface area contributed by atoms with Gasteiger partial charge in [0.1, 0.15) is 5.75 Å². The highest BCUT2D eigenvalue weighted by Crippen LogP contribution is 2.29. The summed E-state index contributed by atoms with van der Waals surface area (Å²) in [5.41, 5.74) is 0.786. The van der Waals surface area contributed by atoms with Crippen LogP contribution in [-0.2, 0) is 14.3 Å². The number of nitrogens with one attached hydrogen (secondary N) is 1. The fourth-order valence-electron chi connectivity index (χ4n) is 2.14. The largest absolute Gasteiger partial charge is 0.494 e. The second kappa shape index (κ2) is 9.52. The summed E-state index contributed by atoms with van der Waals surface area (Å²) in [7, 11) is 1.32. The number of non-ortho nitro benzene ring substituents is 1. The maximum absolute atomic E-state index is 12.2. The minimum absolute atomic E-state index is 0.115. The van der Waals surface area contributed by atoms with Crippen LogP contribution in [0.5, 0.6) is 5.75 Å². The van der Waals surface area contributed by atoms with Crippen LogP contribution in [0.25, 0.3) is 6.08 Å². The predicted octanol–water partition coefficient (Wildman–Crippen LogP) is 3.84. The molecule has 9 heteroatoms. The molecule has 1 N–H and O–H groups in total. The Kier molecular flexibility index (Phi) is 7.11. The van der Waals surface area contributed by atoms with Crippen molar-refractivity contribution in [2.75, 3.05) is 12.4 Å². The minimum Gasteiger partial charge on any atom is -0.494 e. The Bertz CT molecular complexity index is 911. The molecule has 2 aromatic carbocycles. The molecule has 1 atom stereocenters. The highest BCUT2D eigenvalue weighted by atomic mass is 35.5. The van der Waals surface area contributed by atoms with Gasteiger partial charge in [-0.15, -0.1) is 0 Å². The summed E-state index contributed by atoms with van der Waals surface area (Å²) < 4.78 is 10.1. The lowest BCUT2D eigenvalue weighted by Gasteiger charge is -2.14. The van der Waals surface area contributed by atoms with Crippen LogP contribution < -0.4 is 10.1 Å². The van der Waals surface area contributed by atoms with Crippen molar-refractivity contribution >= 4 is 40.9 Å². The molecule has 8 nitrogen and oxygen atoms in total. The first-order chi connectivity index (χ1) is 13.3. The molecule has 28 heavy (non-hydrogen) atoms. The second-order valence-corrected chi connectivity index (χ2v) is 6.03. The fraction of sp³-hybridized carbons (Fsp3) is 0.158. The summed E-state index contributed by atoms with van der Waals surface area (Å²) in [6.45, 7) is 1.40. The van der Waals surface area contributed by atoms with Crippen molar-refractivity contribution in [1.29, 1.82) is 0 Å². The van der Waals surface area contributed by atoms with E-state index in [1.165, 1.54) is 44.4 Å². The molecule has 0 heterocycles. The van der Waals surface area contributed by atoms with Crippen LogP contribution in [-0.4, -0.2) is 30.0 Å². The van der Waals surface area contributed by atoms with Crippen molar-refractivity contribution in [1.82, 2.24) is 0 Å². The van der Waals surface area contributed by atoms with Crippen LogP contribution in [0.2, 0.25) is 5.02 Å². The molecule has 0 bridgehead atoms. The van der Waals surface area contributed by atoms with Gasteiger partial charge in [-0.05, 0) is 36.8 Å². The maximum Gasteiger partial charge on any atom is 0.331 e. The first-order valence-corrected chi connectivity index (χ1v) is 8.45. The molecule has 0 fully saturated rings. The van der Waals surface area contributed by atoms with E-state index >= 15 is 0 Å². The number of hydrogen-bond donors (Lipinski definition) is 1. The van der Waals surface area contributed by atoms with Gasteiger partial charge in [0.05, 0.1) is 23.8 Å². The maximum atomic E-state index is 12.2. The van der Waals surface area contributed by atoms with E-state index in [2.05, 4.69) is 5.32 Å². The molecule has 146 valence electrons. The number of nitro benzene ring substituents is 1. The summed E-state index contributed by atoms with van der Waals surface area (Å²) in [6.07, 6.45) is 1.63. The van der Waals surface area contributed by atoms with Crippen LogP contribution in [0.3, 0.4) is 0 Å². The molecule has 2 rings (SSSR count). The molecule has 0 unspecified atom stereocenters. The lowest BCUT2D eigenvalue weighted by Crippen LogP contribution is -2.29. The van der Waals surface area contributed by atoms with E-state index < -0.39 is 22.9 Å².